The molecule has 1 aromatic carbocycles. The van der Waals surface area contributed by atoms with Crippen LogP contribution >= 0.6 is 34.5 Å². The molecule has 0 spiro atoms. The summed E-state index contributed by atoms with van der Waals surface area (Å²) in [6.07, 6.45) is 0.870. The van der Waals surface area contributed by atoms with Crippen LogP contribution in [0.25, 0.3) is 0 Å². The molecule has 0 N–H and O–H groups in total. The predicted octanol–water partition coefficient (Wildman–Crippen LogP) is 6.09. The highest BCUT2D eigenvalue weighted by molar-refractivity contribution is 7.10. The number of halogens is 2. The normalized spacial score (nSPS) is 11.5. The Morgan fingerprint density at radius 3 is 2.17 bits per heavy atom. The van der Waals surface area contributed by atoms with Crippen molar-refractivity contribution in [2.75, 3.05) is 48.6 Å². The van der Waals surface area contributed by atoms with Crippen molar-refractivity contribution in [3.63, 3.8) is 0 Å². The van der Waals surface area contributed by atoms with Crippen molar-refractivity contribution in [3.8, 4) is 0 Å². The van der Waals surface area contributed by atoms with Crippen molar-refractivity contribution < 1.29 is 19.1 Å². The highest BCUT2D eigenvalue weighted by Crippen LogP contribution is 2.32. The van der Waals surface area contributed by atoms with Crippen LogP contribution in [0.5, 0.6) is 0 Å². The third-order valence-electron chi connectivity index (χ3n) is 5.40. The number of thiophene rings is 1. The lowest BCUT2D eigenvalue weighted by Gasteiger charge is -2.29. The molecule has 0 saturated carbocycles. The van der Waals surface area contributed by atoms with Crippen LogP contribution in [-0.2, 0) is 25.5 Å². The molecule has 0 fully saturated rings. The molecule has 2 amide bonds. The van der Waals surface area contributed by atoms with Gasteiger partial charge in [0, 0.05) is 18.6 Å². The number of methoxy groups -OCH3 is 1. The SMILES string of the molecule is CCOCN(C(=O)CCl)c1c(C)cccc1CC.COCC(C)N(C(=O)CCl)c1c(C)csc1C. The summed E-state index contributed by atoms with van der Waals surface area (Å²) in [5.74, 6) is -0.261. The van der Waals surface area contributed by atoms with E-state index >= 15 is 0 Å². The van der Waals surface area contributed by atoms with E-state index in [1.165, 1.54) is 0 Å². The smallest absolute Gasteiger partial charge is 0.243 e. The Morgan fingerprint density at radius 2 is 1.69 bits per heavy atom. The number of hydrogen-bond acceptors (Lipinski definition) is 5. The fourth-order valence-corrected chi connectivity index (χ4v) is 4.91. The van der Waals surface area contributed by atoms with Crippen LogP contribution in [0.15, 0.2) is 23.6 Å². The van der Waals surface area contributed by atoms with Gasteiger partial charge in [0.2, 0.25) is 11.8 Å². The Kier molecular flexibility index (Phi) is 14.5. The van der Waals surface area contributed by atoms with E-state index in [9.17, 15) is 9.59 Å². The highest BCUT2D eigenvalue weighted by atomic mass is 35.5. The Balaban J connectivity index is 0.000000351. The second-order valence-corrected chi connectivity index (χ2v) is 9.66. The van der Waals surface area contributed by atoms with E-state index in [0.717, 1.165) is 39.4 Å². The van der Waals surface area contributed by atoms with Crippen molar-refractivity contribution in [1.82, 2.24) is 0 Å². The minimum absolute atomic E-state index is 0.0111. The van der Waals surface area contributed by atoms with Crippen LogP contribution in [0.3, 0.4) is 0 Å². The van der Waals surface area contributed by atoms with Gasteiger partial charge in [-0.25, -0.2) is 0 Å². The molecule has 1 heterocycles. The van der Waals surface area contributed by atoms with E-state index < -0.39 is 0 Å². The minimum Gasteiger partial charge on any atom is -0.383 e. The van der Waals surface area contributed by atoms with E-state index in [1.807, 2.05) is 52.8 Å². The molecule has 6 nitrogen and oxygen atoms in total. The highest BCUT2D eigenvalue weighted by Gasteiger charge is 2.25. The number of hydrogen-bond donors (Lipinski definition) is 0. The van der Waals surface area contributed by atoms with Gasteiger partial charge in [-0.05, 0) is 63.1 Å². The first kappa shape index (κ1) is 31.4. The number of anilines is 2. The molecule has 0 saturated heterocycles. The molecular formula is C26H38Cl2N2O4S. The van der Waals surface area contributed by atoms with Gasteiger partial charge in [-0.2, -0.15) is 0 Å². The van der Waals surface area contributed by atoms with E-state index in [1.54, 1.807) is 28.2 Å². The summed E-state index contributed by atoms with van der Waals surface area (Å²) < 4.78 is 10.5. The number of benzene rings is 1. The Labute approximate surface area is 224 Å². The third kappa shape index (κ3) is 8.76. The van der Waals surface area contributed by atoms with E-state index in [-0.39, 0.29) is 36.3 Å². The fraction of sp³-hybridized carbons (Fsp3) is 0.538. The Morgan fingerprint density at radius 1 is 1.03 bits per heavy atom. The van der Waals surface area contributed by atoms with Crippen molar-refractivity contribution in [3.05, 3.63) is 45.1 Å². The molecule has 0 aliphatic carbocycles. The van der Waals surface area contributed by atoms with Crippen LogP contribution in [-0.4, -0.2) is 56.7 Å². The number of alkyl halides is 2. The topological polar surface area (TPSA) is 59.1 Å². The van der Waals surface area contributed by atoms with Gasteiger partial charge in [-0.3, -0.25) is 14.5 Å². The van der Waals surface area contributed by atoms with Crippen LogP contribution in [0.4, 0.5) is 11.4 Å². The van der Waals surface area contributed by atoms with Gasteiger partial charge in [0.05, 0.1) is 24.0 Å². The quantitative estimate of drug-likeness (QED) is 0.253. The molecule has 1 unspecified atom stereocenters. The average Bonchev–Trinajstić information content (AvgIpc) is 3.18. The molecule has 35 heavy (non-hydrogen) atoms. The fourth-order valence-electron chi connectivity index (χ4n) is 3.80. The number of para-hydroxylation sites is 1. The molecule has 2 rings (SSSR count). The number of carbonyl (C=O) groups is 2. The van der Waals surface area contributed by atoms with Gasteiger partial charge >= 0.3 is 0 Å². The maximum absolute atomic E-state index is 12.0. The number of nitrogens with zero attached hydrogens (tertiary/aromatic N) is 2. The molecule has 1 aromatic heterocycles. The summed E-state index contributed by atoms with van der Waals surface area (Å²) >= 11 is 13.0. The van der Waals surface area contributed by atoms with Crippen molar-refractivity contribution in [2.45, 2.75) is 54.0 Å². The molecule has 2 aromatic rings. The van der Waals surface area contributed by atoms with Crippen LogP contribution < -0.4 is 9.80 Å². The first-order valence-electron chi connectivity index (χ1n) is 11.6. The first-order chi connectivity index (χ1) is 16.7. The molecule has 0 aliphatic heterocycles. The lowest BCUT2D eigenvalue weighted by Crippen LogP contribution is -2.42. The zero-order valence-corrected chi connectivity index (χ0v) is 24.1. The number of aryl methyl sites for hydroxylation is 4. The number of amides is 2. The maximum atomic E-state index is 12.0. The van der Waals surface area contributed by atoms with Crippen molar-refractivity contribution >= 4 is 57.7 Å². The molecule has 0 radical (unpaired) electrons. The van der Waals surface area contributed by atoms with Crippen LogP contribution in [0.1, 0.15) is 42.3 Å². The molecule has 0 bridgehead atoms. The van der Waals surface area contributed by atoms with E-state index in [4.69, 9.17) is 32.7 Å². The van der Waals surface area contributed by atoms with E-state index in [0.29, 0.717) is 13.2 Å². The summed E-state index contributed by atoms with van der Waals surface area (Å²) in [4.78, 5) is 28.4. The molecule has 0 aliphatic rings. The zero-order chi connectivity index (χ0) is 26.5. The molecule has 196 valence electrons. The average molecular weight is 546 g/mol. The van der Waals surface area contributed by atoms with Gasteiger partial charge in [-0.15, -0.1) is 34.5 Å². The van der Waals surface area contributed by atoms with Crippen LogP contribution in [0, 0.1) is 20.8 Å². The van der Waals surface area contributed by atoms with Gasteiger partial charge < -0.3 is 14.4 Å². The minimum atomic E-state index is -0.130. The maximum Gasteiger partial charge on any atom is 0.243 e. The zero-order valence-electron chi connectivity index (χ0n) is 21.8. The Bertz CT molecular complexity index is 932. The lowest BCUT2D eigenvalue weighted by molar-refractivity contribution is -0.118. The number of carbonyl (C=O) groups excluding carboxylic acids is 2. The summed E-state index contributed by atoms with van der Waals surface area (Å²) in [6.45, 7) is 13.3. The predicted molar refractivity (Wildman–Crippen MR) is 149 cm³/mol. The lowest BCUT2D eigenvalue weighted by atomic mass is 10.0. The number of rotatable bonds is 11. The van der Waals surface area contributed by atoms with Gasteiger partial charge in [0.25, 0.3) is 0 Å². The summed E-state index contributed by atoms with van der Waals surface area (Å²) in [5, 5.41) is 2.05. The summed E-state index contributed by atoms with van der Waals surface area (Å²) in [5.41, 5.74) is 5.21. The summed E-state index contributed by atoms with van der Waals surface area (Å²) in [6, 6.07) is 6.01. The van der Waals surface area contributed by atoms with Gasteiger partial charge in [0.15, 0.2) is 0 Å². The second kappa shape index (κ2) is 16.2. The van der Waals surface area contributed by atoms with E-state index in [2.05, 4.69) is 12.3 Å². The van der Waals surface area contributed by atoms with Crippen molar-refractivity contribution in [2.24, 2.45) is 0 Å². The molecule has 9 heteroatoms. The molecule has 1 atom stereocenters. The van der Waals surface area contributed by atoms with Crippen LogP contribution in [0.2, 0.25) is 0 Å². The van der Waals surface area contributed by atoms with Gasteiger partial charge in [-0.1, -0.05) is 25.1 Å². The third-order valence-corrected chi connectivity index (χ3v) is 6.88. The monoisotopic (exact) mass is 544 g/mol. The second-order valence-electron chi connectivity index (χ2n) is 8.04. The molecular weight excluding hydrogens is 507 g/mol. The first-order valence-corrected chi connectivity index (χ1v) is 13.6. The largest absolute Gasteiger partial charge is 0.383 e. The number of ether oxygens (including phenoxy) is 2. The Hall–Kier alpha value is -1.64. The standard InChI is InChI=1S/C14H20ClNO2.C12H18ClNO2S/c1-4-12-8-6-7-11(3)14(12)16(10-18-5-2)13(17)9-15;1-8-7-17-10(3)12(8)14(11(15)5-13)9(2)6-16-4/h6-8H,4-5,9-10H2,1-3H3;7,9H,5-6H2,1-4H3. The van der Waals surface area contributed by atoms with Gasteiger partial charge in [0.1, 0.15) is 18.5 Å². The summed E-state index contributed by atoms with van der Waals surface area (Å²) in [7, 11) is 1.63. The van der Waals surface area contributed by atoms with Crippen molar-refractivity contribution in [1.29, 1.82) is 0 Å².